The molecule has 2 amide bonds. The van der Waals surface area contributed by atoms with Gasteiger partial charge in [0.25, 0.3) is 11.8 Å². The number of benzene rings is 3. The second kappa shape index (κ2) is 11.5. The number of rotatable bonds is 9. The molecule has 0 aliphatic heterocycles. The second-order valence-corrected chi connectivity index (χ2v) is 7.42. The average molecular weight is 430 g/mol. The zero-order valence-corrected chi connectivity index (χ0v) is 18.2. The molecule has 32 heavy (non-hydrogen) atoms. The van der Waals surface area contributed by atoms with Crippen LogP contribution >= 0.6 is 0 Å². The maximum Gasteiger partial charge on any atom is 0.262 e. The van der Waals surface area contributed by atoms with Crippen LogP contribution in [0.15, 0.2) is 90.0 Å². The number of amides is 2. The Bertz CT molecular complexity index is 1050. The molecule has 6 nitrogen and oxygen atoms in total. The van der Waals surface area contributed by atoms with Crippen molar-refractivity contribution in [1.29, 1.82) is 0 Å². The number of nitrogens with one attached hydrogen (secondary N) is 2. The van der Waals surface area contributed by atoms with Gasteiger partial charge < -0.3 is 10.1 Å². The number of para-hydroxylation sites is 1. The molecule has 0 aliphatic carbocycles. The number of carbonyl (C=O) groups excluding carboxylic acids is 2. The molecule has 2 atom stereocenters. The molecule has 0 saturated heterocycles. The predicted octanol–water partition coefficient (Wildman–Crippen LogP) is 4.77. The lowest BCUT2D eigenvalue weighted by Gasteiger charge is -2.22. The first-order valence-electron chi connectivity index (χ1n) is 10.6. The van der Waals surface area contributed by atoms with Crippen LogP contribution in [0, 0.1) is 5.92 Å². The van der Waals surface area contributed by atoms with E-state index < -0.39 is 6.04 Å². The first kappa shape index (κ1) is 22.7. The predicted molar refractivity (Wildman–Crippen MR) is 126 cm³/mol. The Labute approximate surface area is 188 Å². The van der Waals surface area contributed by atoms with E-state index in [-0.39, 0.29) is 17.7 Å². The van der Waals surface area contributed by atoms with Crippen LogP contribution in [0.3, 0.4) is 0 Å². The van der Waals surface area contributed by atoms with Crippen molar-refractivity contribution in [1.82, 2.24) is 10.7 Å². The summed E-state index contributed by atoms with van der Waals surface area (Å²) in [5, 5.41) is 6.90. The van der Waals surface area contributed by atoms with Gasteiger partial charge in [-0.2, -0.15) is 5.10 Å². The third-order valence-electron chi connectivity index (χ3n) is 5.04. The van der Waals surface area contributed by atoms with Crippen molar-refractivity contribution >= 4 is 18.0 Å². The first-order valence-corrected chi connectivity index (χ1v) is 10.6. The third kappa shape index (κ3) is 6.54. The summed E-state index contributed by atoms with van der Waals surface area (Å²) in [6.07, 6.45) is 2.28. The molecular formula is C26H27N3O3. The van der Waals surface area contributed by atoms with E-state index in [4.69, 9.17) is 4.74 Å². The average Bonchev–Trinajstić information content (AvgIpc) is 2.83. The van der Waals surface area contributed by atoms with Crippen molar-refractivity contribution in [3.63, 3.8) is 0 Å². The SMILES string of the molecule is CC[C@@H](C)[C@H](NC(=O)c1ccccc1)C(=O)NN=Cc1cccc(Oc2ccccc2)c1. The number of hydrogen-bond donors (Lipinski definition) is 2. The van der Waals surface area contributed by atoms with Crippen molar-refractivity contribution in [2.75, 3.05) is 0 Å². The van der Waals surface area contributed by atoms with Gasteiger partial charge in [0.05, 0.1) is 6.21 Å². The molecule has 6 heteroatoms. The van der Waals surface area contributed by atoms with Crippen LogP contribution in [0.2, 0.25) is 0 Å². The summed E-state index contributed by atoms with van der Waals surface area (Å²) in [6.45, 7) is 3.89. The molecule has 3 aromatic rings. The van der Waals surface area contributed by atoms with E-state index >= 15 is 0 Å². The van der Waals surface area contributed by atoms with Gasteiger partial charge in [0.2, 0.25) is 0 Å². The lowest BCUT2D eigenvalue weighted by atomic mass is 9.98. The van der Waals surface area contributed by atoms with E-state index in [0.29, 0.717) is 11.3 Å². The van der Waals surface area contributed by atoms with E-state index in [2.05, 4.69) is 15.8 Å². The van der Waals surface area contributed by atoms with Crippen LogP contribution in [0.1, 0.15) is 36.2 Å². The Morgan fingerprint density at radius 3 is 2.28 bits per heavy atom. The third-order valence-corrected chi connectivity index (χ3v) is 5.04. The highest BCUT2D eigenvalue weighted by Crippen LogP contribution is 2.21. The van der Waals surface area contributed by atoms with E-state index in [9.17, 15) is 9.59 Å². The van der Waals surface area contributed by atoms with Gasteiger partial charge in [-0.05, 0) is 47.9 Å². The van der Waals surface area contributed by atoms with Crippen molar-refractivity contribution in [2.24, 2.45) is 11.0 Å². The van der Waals surface area contributed by atoms with Crippen molar-refractivity contribution < 1.29 is 14.3 Å². The van der Waals surface area contributed by atoms with Crippen molar-refractivity contribution in [3.8, 4) is 11.5 Å². The summed E-state index contributed by atoms with van der Waals surface area (Å²) in [7, 11) is 0. The van der Waals surface area contributed by atoms with Gasteiger partial charge in [0.15, 0.2) is 0 Å². The Morgan fingerprint density at radius 2 is 1.59 bits per heavy atom. The molecule has 164 valence electrons. The molecule has 0 radical (unpaired) electrons. The lowest BCUT2D eigenvalue weighted by molar-refractivity contribution is -0.124. The van der Waals surface area contributed by atoms with Gasteiger partial charge in [0, 0.05) is 5.56 Å². The van der Waals surface area contributed by atoms with Crippen molar-refractivity contribution in [2.45, 2.75) is 26.3 Å². The topological polar surface area (TPSA) is 79.8 Å². The Morgan fingerprint density at radius 1 is 0.938 bits per heavy atom. The second-order valence-electron chi connectivity index (χ2n) is 7.42. The number of carbonyl (C=O) groups is 2. The van der Waals surface area contributed by atoms with Crippen LogP contribution in [0.5, 0.6) is 11.5 Å². The van der Waals surface area contributed by atoms with E-state index in [1.54, 1.807) is 30.5 Å². The molecule has 0 heterocycles. The van der Waals surface area contributed by atoms with Gasteiger partial charge in [-0.3, -0.25) is 9.59 Å². The Kier molecular flexibility index (Phi) is 8.15. The van der Waals surface area contributed by atoms with Gasteiger partial charge in [-0.1, -0.05) is 68.8 Å². The van der Waals surface area contributed by atoms with E-state index in [1.807, 2.05) is 74.5 Å². The number of hydrogen-bond acceptors (Lipinski definition) is 4. The summed E-state index contributed by atoms with van der Waals surface area (Å²) in [5.41, 5.74) is 3.82. The fourth-order valence-corrected chi connectivity index (χ4v) is 3.04. The maximum atomic E-state index is 12.7. The van der Waals surface area contributed by atoms with Gasteiger partial charge in [-0.15, -0.1) is 0 Å². The molecule has 3 aromatic carbocycles. The van der Waals surface area contributed by atoms with Crippen LogP contribution in [-0.2, 0) is 4.79 Å². The standard InChI is InChI=1S/C26H27N3O3/c1-3-19(2)24(28-25(30)21-12-6-4-7-13-21)26(31)29-27-18-20-11-10-16-23(17-20)32-22-14-8-5-9-15-22/h4-19,24H,3H2,1-2H3,(H,28,30)(H,29,31)/t19-,24+/m1/s1. The minimum atomic E-state index is -0.697. The van der Waals surface area contributed by atoms with Crippen LogP contribution < -0.4 is 15.5 Å². The summed E-state index contributed by atoms with van der Waals surface area (Å²) in [5.74, 6) is 0.692. The fourth-order valence-electron chi connectivity index (χ4n) is 3.04. The van der Waals surface area contributed by atoms with Crippen LogP contribution in [0.25, 0.3) is 0 Å². The Hall–Kier alpha value is -3.93. The lowest BCUT2D eigenvalue weighted by Crippen LogP contribution is -2.49. The molecular weight excluding hydrogens is 402 g/mol. The van der Waals surface area contributed by atoms with Crippen LogP contribution in [0.4, 0.5) is 0 Å². The number of nitrogens with zero attached hydrogens (tertiary/aromatic N) is 1. The molecule has 2 N–H and O–H groups in total. The number of ether oxygens (including phenoxy) is 1. The van der Waals surface area contributed by atoms with Crippen LogP contribution in [-0.4, -0.2) is 24.1 Å². The van der Waals surface area contributed by atoms with Gasteiger partial charge in [0.1, 0.15) is 17.5 Å². The highest BCUT2D eigenvalue weighted by Gasteiger charge is 2.26. The zero-order chi connectivity index (χ0) is 22.8. The van der Waals surface area contributed by atoms with Crippen molar-refractivity contribution in [3.05, 3.63) is 96.1 Å². The number of hydrazone groups is 1. The quantitative estimate of drug-likeness (QED) is 0.380. The van der Waals surface area contributed by atoms with Gasteiger partial charge in [-0.25, -0.2) is 5.43 Å². The minimum absolute atomic E-state index is 0.0551. The summed E-state index contributed by atoms with van der Waals surface area (Å²) >= 11 is 0. The maximum absolute atomic E-state index is 12.7. The molecule has 0 aliphatic rings. The molecule has 0 bridgehead atoms. The van der Waals surface area contributed by atoms with E-state index in [1.165, 1.54) is 0 Å². The summed E-state index contributed by atoms with van der Waals surface area (Å²) < 4.78 is 5.82. The molecule has 0 fully saturated rings. The molecule has 3 rings (SSSR count). The first-order chi connectivity index (χ1) is 15.6. The molecule has 0 saturated carbocycles. The summed E-state index contributed by atoms with van der Waals surface area (Å²) in [6, 6.07) is 25.0. The van der Waals surface area contributed by atoms with Gasteiger partial charge >= 0.3 is 0 Å². The highest BCUT2D eigenvalue weighted by molar-refractivity contribution is 5.97. The largest absolute Gasteiger partial charge is 0.457 e. The zero-order valence-electron chi connectivity index (χ0n) is 18.2. The fraction of sp³-hybridized carbons (Fsp3) is 0.192. The summed E-state index contributed by atoms with van der Waals surface area (Å²) in [4.78, 5) is 25.3. The van der Waals surface area contributed by atoms with E-state index in [0.717, 1.165) is 17.7 Å². The molecule has 0 aromatic heterocycles. The highest BCUT2D eigenvalue weighted by atomic mass is 16.5. The molecule has 0 unspecified atom stereocenters. The monoisotopic (exact) mass is 429 g/mol. The molecule has 0 spiro atoms. The minimum Gasteiger partial charge on any atom is -0.457 e. The normalized spacial score (nSPS) is 12.7. The Balaban J connectivity index is 1.63. The smallest absolute Gasteiger partial charge is 0.262 e.